The van der Waals surface area contributed by atoms with Crippen molar-refractivity contribution in [3.63, 3.8) is 0 Å². The van der Waals surface area contributed by atoms with Gasteiger partial charge in [0.1, 0.15) is 0 Å². The minimum atomic E-state index is 0.369. The highest BCUT2D eigenvalue weighted by Gasteiger charge is 2.23. The summed E-state index contributed by atoms with van der Waals surface area (Å²) in [7, 11) is 0. The summed E-state index contributed by atoms with van der Waals surface area (Å²) in [5.41, 5.74) is 0. The van der Waals surface area contributed by atoms with E-state index in [1.165, 1.54) is 64.2 Å². The molecular formula is C22H44N2O. The van der Waals surface area contributed by atoms with Crippen molar-refractivity contribution in [2.45, 2.75) is 110 Å². The summed E-state index contributed by atoms with van der Waals surface area (Å²) in [6.07, 6.45) is 16.9. The van der Waals surface area contributed by atoms with Gasteiger partial charge >= 0.3 is 0 Å². The molecule has 0 aromatic rings. The number of nitrogens with zero attached hydrogens (tertiary/aromatic N) is 2. The quantitative estimate of drug-likeness (QED) is 0.378. The Kier molecular flexibility index (Phi) is 13.1. The molecule has 1 atom stereocenters. The predicted molar refractivity (Wildman–Crippen MR) is 109 cm³/mol. The molecular weight excluding hydrogens is 308 g/mol. The van der Waals surface area contributed by atoms with Crippen molar-refractivity contribution in [1.82, 2.24) is 9.80 Å². The minimum Gasteiger partial charge on any atom is -0.340 e. The largest absolute Gasteiger partial charge is 0.340 e. The Morgan fingerprint density at radius 3 is 1.84 bits per heavy atom. The summed E-state index contributed by atoms with van der Waals surface area (Å²) in [5, 5.41) is 0. The Balaban J connectivity index is 2.01. The summed E-state index contributed by atoms with van der Waals surface area (Å²) in [6.45, 7) is 10.8. The number of amides is 1. The molecule has 3 nitrogen and oxygen atoms in total. The summed E-state index contributed by atoms with van der Waals surface area (Å²) in [6, 6.07) is 0.678. The molecule has 148 valence electrons. The number of piperazine rings is 1. The van der Waals surface area contributed by atoms with Crippen molar-refractivity contribution >= 4 is 5.91 Å². The first kappa shape index (κ1) is 22.5. The van der Waals surface area contributed by atoms with Gasteiger partial charge in [0.05, 0.1) is 0 Å². The van der Waals surface area contributed by atoms with Gasteiger partial charge in [-0.15, -0.1) is 0 Å². The Bertz CT molecular complexity index is 324. The van der Waals surface area contributed by atoms with Gasteiger partial charge in [0.15, 0.2) is 0 Å². The number of hydrogen-bond donors (Lipinski definition) is 0. The van der Waals surface area contributed by atoms with Crippen molar-refractivity contribution in [3.8, 4) is 0 Å². The molecule has 1 fully saturated rings. The summed E-state index contributed by atoms with van der Waals surface area (Å²) < 4.78 is 0. The third kappa shape index (κ3) is 10.2. The standard InChI is InChI=1S/C22H44N2O/c1-4-6-8-9-10-11-12-13-14-15-21(3)23-17-19-24(20-18-23)22(25)16-7-5-2/h21H,4-20H2,1-3H3. The van der Waals surface area contributed by atoms with Crippen molar-refractivity contribution in [2.75, 3.05) is 26.2 Å². The zero-order valence-electron chi connectivity index (χ0n) is 17.4. The Morgan fingerprint density at radius 1 is 0.760 bits per heavy atom. The number of hydrogen-bond acceptors (Lipinski definition) is 2. The first-order valence-corrected chi connectivity index (χ1v) is 11.2. The van der Waals surface area contributed by atoms with Crippen LogP contribution < -0.4 is 0 Å². The zero-order valence-corrected chi connectivity index (χ0v) is 17.4. The molecule has 3 heteroatoms. The lowest BCUT2D eigenvalue weighted by molar-refractivity contribution is -0.133. The molecule has 1 rings (SSSR count). The fraction of sp³-hybridized carbons (Fsp3) is 0.955. The van der Waals surface area contributed by atoms with Gasteiger partial charge < -0.3 is 4.90 Å². The topological polar surface area (TPSA) is 23.6 Å². The van der Waals surface area contributed by atoms with E-state index in [-0.39, 0.29) is 0 Å². The Morgan fingerprint density at radius 2 is 1.28 bits per heavy atom. The second-order valence-corrected chi connectivity index (χ2v) is 7.99. The highest BCUT2D eigenvalue weighted by molar-refractivity contribution is 5.76. The Hall–Kier alpha value is -0.570. The molecule has 25 heavy (non-hydrogen) atoms. The van der Waals surface area contributed by atoms with Crippen LogP contribution in [0.25, 0.3) is 0 Å². The van der Waals surface area contributed by atoms with E-state index in [2.05, 4.69) is 30.6 Å². The molecule has 0 bridgehead atoms. The van der Waals surface area contributed by atoms with Crippen LogP contribution in [0.4, 0.5) is 0 Å². The van der Waals surface area contributed by atoms with E-state index >= 15 is 0 Å². The van der Waals surface area contributed by atoms with Crippen LogP contribution in [0, 0.1) is 0 Å². The number of unbranched alkanes of at least 4 members (excludes halogenated alkanes) is 9. The minimum absolute atomic E-state index is 0.369. The monoisotopic (exact) mass is 352 g/mol. The normalized spacial score (nSPS) is 17.0. The van der Waals surface area contributed by atoms with Gasteiger partial charge in [-0.2, -0.15) is 0 Å². The second kappa shape index (κ2) is 14.6. The molecule has 1 amide bonds. The molecule has 0 aromatic carbocycles. The van der Waals surface area contributed by atoms with Gasteiger partial charge in [0, 0.05) is 38.6 Å². The summed E-state index contributed by atoms with van der Waals surface area (Å²) in [5.74, 6) is 0.369. The molecule has 0 spiro atoms. The SMILES string of the molecule is CCCCCCCCCCCC(C)N1CCN(C(=O)CCCC)CC1. The van der Waals surface area contributed by atoms with Gasteiger partial charge in [-0.05, 0) is 19.8 Å². The highest BCUT2D eigenvalue weighted by Crippen LogP contribution is 2.15. The van der Waals surface area contributed by atoms with E-state index in [4.69, 9.17) is 0 Å². The van der Waals surface area contributed by atoms with Crippen LogP contribution in [0.3, 0.4) is 0 Å². The van der Waals surface area contributed by atoms with Gasteiger partial charge in [0.25, 0.3) is 0 Å². The molecule has 1 heterocycles. The van der Waals surface area contributed by atoms with Crippen molar-refractivity contribution in [2.24, 2.45) is 0 Å². The van der Waals surface area contributed by atoms with Gasteiger partial charge in [-0.3, -0.25) is 9.69 Å². The summed E-state index contributed by atoms with van der Waals surface area (Å²) >= 11 is 0. The third-order valence-electron chi connectivity index (χ3n) is 5.76. The lowest BCUT2D eigenvalue weighted by Crippen LogP contribution is -2.51. The maximum absolute atomic E-state index is 12.1. The molecule has 0 aliphatic carbocycles. The molecule has 0 radical (unpaired) electrons. The van der Waals surface area contributed by atoms with E-state index in [0.717, 1.165) is 45.4 Å². The smallest absolute Gasteiger partial charge is 0.222 e. The van der Waals surface area contributed by atoms with Crippen LogP contribution >= 0.6 is 0 Å². The summed E-state index contributed by atoms with van der Waals surface area (Å²) in [4.78, 5) is 16.8. The van der Waals surface area contributed by atoms with E-state index in [0.29, 0.717) is 11.9 Å². The molecule has 0 aromatic heterocycles. The number of carbonyl (C=O) groups is 1. The lowest BCUT2D eigenvalue weighted by Gasteiger charge is -2.38. The maximum atomic E-state index is 12.1. The molecule has 1 aliphatic rings. The number of rotatable bonds is 14. The van der Waals surface area contributed by atoms with Gasteiger partial charge in [-0.25, -0.2) is 0 Å². The van der Waals surface area contributed by atoms with Crippen LogP contribution in [0.5, 0.6) is 0 Å². The second-order valence-electron chi connectivity index (χ2n) is 7.99. The molecule has 0 saturated carbocycles. The fourth-order valence-corrected chi connectivity index (χ4v) is 3.83. The van der Waals surface area contributed by atoms with E-state index < -0.39 is 0 Å². The van der Waals surface area contributed by atoms with E-state index in [1.807, 2.05) is 0 Å². The Labute approximate surface area is 157 Å². The van der Waals surface area contributed by atoms with Crippen molar-refractivity contribution < 1.29 is 4.79 Å². The average Bonchev–Trinajstić information content (AvgIpc) is 2.64. The van der Waals surface area contributed by atoms with Crippen LogP contribution in [-0.2, 0) is 4.79 Å². The van der Waals surface area contributed by atoms with Gasteiger partial charge in [0.2, 0.25) is 5.91 Å². The van der Waals surface area contributed by atoms with E-state index in [1.54, 1.807) is 0 Å². The molecule has 1 unspecified atom stereocenters. The molecule has 1 saturated heterocycles. The van der Waals surface area contributed by atoms with Crippen molar-refractivity contribution in [3.05, 3.63) is 0 Å². The van der Waals surface area contributed by atoms with Crippen LogP contribution in [0.15, 0.2) is 0 Å². The van der Waals surface area contributed by atoms with Crippen molar-refractivity contribution in [1.29, 1.82) is 0 Å². The van der Waals surface area contributed by atoms with Crippen LogP contribution in [0.2, 0.25) is 0 Å². The fourth-order valence-electron chi connectivity index (χ4n) is 3.83. The third-order valence-corrected chi connectivity index (χ3v) is 5.76. The highest BCUT2D eigenvalue weighted by atomic mass is 16.2. The average molecular weight is 353 g/mol. The first-order valence-electron chi connectivity index (χ1n) is 11.2. The van der Waals surface area contributed by atoms with Crippen LogP contribution in [-0.4, -0.2) is 47.9 Å². The molecule has 1 aliphatic heterocycles. The number of carbonyl (C=O) groups excluding carboxylic acids is 1. The molecule has 0 N–H and O–H groups in total. The van der Waals surface area contributed by atoms with E-state index in [9.17, 15) is 4.79 Å². The lowest BCUT2D eigenvalue weighted by atomic mass is 10.0. The maximum Gasteiger partial charge on any atom is 0.222 e. The van der Waals surface area contributed by atoms with Gasteiger partial charge in [-0.1, -0.05) is 78.1 Å². The van der Waals surface area contributed by atoms with Crippen LogP contribution in [0.1, 0.15) is 104 Å². The zero-order chi connectivity index (χ0) is 18.3. The first-order chi connectivity index (χ1) is 12.2. The predicted octanol–water partition coefficient (Wildman–Crippen LogP) is 5.63.